The van der Waals surface area contributed by atoms with E-state index < -0.39 is 20.9 Å². The Morgan fingerprint density at radius 3 is 2.04 bits per heavy atom. The number of anilines is 1. The van der Waals surface area contributed by atoms with Crippen molar-refractivity contribution in [1.82, 2.24) is 4.31 Å². The number of nitro groups is 1. The molecule has 0 aliphatic heterocycles. The molecule has 2 rings (SSSR count). The zero-order valence-corrected chi connectivity index (χ0v) is 13.8. The second kappa shape index (κ2) is 6.77. The number of nitrogens with one attached hydrogen (secondary N) is 1. The minimum Gasteiger partial charge on any atom is -0.322 e. The monoisotopic (exact) mass is 349 g/mol. The minimum atomic E-state index is -3.55. The maximum absolute atomic E-state index is 12.1. The van der Waals surface area contributed by atoms with Gasteiger partial charge in [-0.15, -0.1) is 0 Å². The first kappa shape index (κ1) is 17.6. The van der Waals surface area contributed by atoms with Crippen LogP contribution in [0, 0.1) is 10.1 Å². The van der Waals surface area contributed by atoms with Crippen LogP contribution in [0.4, 0.5) is 11.4 Å². The Hall–Kier alpha value is -2.78. The lowest BCUT2D eigenvalue weighted by Gasteiger charge is -2.11. The van der Waals surface area contributed by atoms with Gasteiger partial charge in [-0.2, -0.15) is 0 Å². The molecule has 2 aromatic rings. The summed E-state index contributed by atoms with van der Waals surface area (Å²) in [5, 5.41) is 13.2. The molecule has 1 N–H and O–H groups in total. The van der Waals surface area contributed by atoms with Gasteiger partial charge < -0.3 is 5.32 Å². The predicted molar refractivity (Wildman–Crippen MR) is 88.4 cm³/mol. The van der Waals surface area contributed by atoms with Crippen molar-refractivity contribution in [3.05, 3.63) is 64.2 Å². The van der Waals surface area contributed by atoms with Gasteiger partial charge in [0.2, 0.25) is 10.0 Å². The van der Waals surface area contributed by atoms with Gasteiger partial charge in [0.05, 0.1) is 9.82 Å². The molecule has 24 heavy (non-hydrogen) atoms. The van der Waals surface area contributed by atoms with E-state index in [-0.39, 0.29) is 16.1 Å². The Morgan fingerprint density at radius 1 is 1.04 bits per heavy atom. The third-order valence-corrected chi connectivity index (χ3v) is 5.06. The van der Waals surface area contributed by atoms with Gasteiger partial charge >= 0.3 is 0 Å². The van der Waals surface area contributed by atoms with Crippen LogP contribution >= 0.6 is 0 Å². The molecule has 8 nitrogen and oxygen atoms in total. The van der Waals surface area contributed by atoms with E-state index in [1.165, 1.54) is 62.6 Å². The summed E-state index contributed by atoms with van der Waals surface area (Å²) >= 11 is 0. The molecule has 0 fully saturated rings. The highest BCUT2D eigenvalue weighted by Crippen LogP contribution is 2.18. The van der Waals surface area contributed by atoms with Crippen LogP contribution in [0.5, 0.6) is 0 Å². The standard InChI is InChI=1S/C15H15N3O5S/c1-17(2)24(22,23)14-9-3-11(4-10-14)15(19)16-12-5-7-13(8-6-12)18(20)21/h3-10H,1-2H3,(H,16,19). The van der Waals surface area contributed by atoms with E-state index in [2.05, 4.69) is 5.32 Å². The maximum atomic E-state index is 12.1. The highest BCUT2D eigenvalue weighted by atomic mass is 32.2. The number of sulfonamides is 1. The molecule has 0 spiro atoms. The Labute approximate surface area is 138 Å². The number of carbonyl (C=O) groups is 1. The first-order valence-electron chi connectivity index (χ1n) is 6.80. The molecule has 0 unspecified atom stereocenters. The Balaban J connectivity index is 2.14. The van der Waals surface area contributed by atoms with Crippen molar-refractivity contribution in [2.24, 2.45) is 0 Å². The fraction of sp³-hybridized carbons (Fsp3) is 0.133. The number of non-ortho nitro benzene ring substituents is 1. The summed E-state index contributed by atoms with van der Waals surface area (Å²) in [5.41, 5.74) is 0.591. The van der Waals surface area contributed by atoms with Crippen LogP contribution in [0.3, 0.4) is 0 Å². The smallest absolute Gasteiger partial charge is 0.269 e. The highest BCUT2D eigenvalue weighted by Gasteiger charge is 2.17. The third-order valence-electron chi connectivity index (χ3n) is 3.23. The normalized spacial score (nSPS) is 11.3. The van der Waals surface area contributed by atoms with Gasteiger partial charge in [-0.05, 0) is 36.4 Å². The zero-order valence-electron chi connectivity index (χ0n) is 13.0. The lowest BCUT2D eigenvalue weighted by Crippen LogP contribution is -2.22. The number of hydrogen-bond acceptors (Lipinski definition) is 5. The molecular weight excluding hydrogens is 334 g/mol. The van der Waals surface area contributed by atoms with E-state index in [1.54, 1.807) is 0 Å². The van der Waals surface area contributed by atoms with E-state index in [0.29, 0.717) is 5.69 Å². The second-order valence-corrected chi connectivity index (χ2v) is 7.22. The van der Waals surface area contributed by atoms with Gasteiger partial charge in [-0.25, -0.2) is 12.7 Å². The zero-order chi connectivity index (χ0) is 17.9. The lowest BCUT2D eigenvalue weighted by molar-refractivity contribution is -0.384. The quantitative estimate of drug-likeness (QED) is 0.656. The summed E-state index contributed by atoms with van der Waals surface area (Å²) in [5.74, 6) is -0.447. The molecule has 0 saturated heterocycles. The first-order valence-corrected chi connectivity index (χ1v) is 8.24. The topological polar surface area (TPSA) is 110 Å². The van der Waals surface area contributed by atoms with E-state index in [9.17, 15) is 23.3 Å². The molecule has 1 amide bonds. The lowest BCUT2D eigenvalue weighted by atomic mass is 10.2. The Morgan fingerprint density at radius 2 is 1.58 bits per heavy atom. The number of amides is 1. The molecule has 126 valence electrons. The minimum absolute atomic E-state index is 0.0776. The van der Waals surface area contributed by atoms with Gasteiger partial charge in [0.15, 0.2) is 0 Å². The third kappa shape index (κ3) is 3.76. The average molecular weight is 349 g/mol. The maximum Gasteiger partial charge on any atom is 0.269 e. The van der Waals surface area contributed by atoms with Gasteiger partial charge in [0, 0.05) is 37.5 Å². The number of rotatable bonds is 5. The van der Waals surface area contributed by atoms with Crippen molar-refractivity contribution in [1.29, 1.82) is 0 Å². The molecule has 0 radical (unpaired) electrons. The summed E-state index contributed by atoms with van der Waals surface area (Å²) in [6.45, 7) is 0. The van der Waals surface area contributed by atoms with Crippen molar-refractivity contribution in [2.45, 2.75) is 4.90 Å². The van der Waals surface area contributed by atoms with Gasteiger partial charge in [-0.3, -0.25) is 14.9 Å². The molecule has 0 aliphatic rings. The first-order chi connectivity index (χ1) is 11.2. The fourth-order valence-electron chi connectivity index (χ4n) is 1.86. The van der Waals surface area contributed by atoms with Crippen molar-refractivity contribution in [3.8, 4) is 0 Å². The van der Waals surface area contributed by atoms with Crippen LogP contribution in [-0.4, -0.2) is 37.6 Å². The van der Waals surface area contributed by atoms with Gasteiger partial charge in [-0.1, -0.05) is 0 Å². The molecule has 0 heterocycles. The van der Waals surface area contributed by atoms with E-state index >= 15 is 0 Å². The summed E-state index contributed by atoms with van der Waals surface area (Å²) < 4.78 is 25.0. The molecule has 0 bridgehead atoms. The second-order valence-electron chi connectivity index (χ2n) is 5.07. The number of hydrogen-bond donors (Lipinski definition) is 1. The van der Waals surface area contributed by atoms with Crippen molar-refractivity contribution in [3.63, 3.8) is 0 Å². The number of nitro benzene ring substituents is 1. The fourth-order valence-corrected chi connectivity index (χ4v) is 2.76. The molecule has 0 saturated carbocycles. The number of carbonyl (C=O) groups excluding carboxylic acids is 1. The van der Waals surface area contributed by atoms with Gasteiger partial charge in [0.25, 0.3) is 11.6 Å². The summed E-state index contributed by atoms with van der Waals surface area (Å²) in [7, 11) is -0.711. The average Bonchev–Trinajstić information content (AvgIpc) is 2.55. The number of benzene rings is 2. The summed E-state index contributed by atoms with van der Waals surface area (Å²) in [6.07, 6.45) is 0. The Kier molecular flexibility index (Phi) is 4.96. The van der Waals surface area contributed by atoms with Crippen LogP contribution < -0.4 is 5.32 Å². The molecule has 0 aromatic heterocycles. The summed E-state index contributed by atoms with van der Waals surface area (Å²) in [6, 6.07) is 10.9. The predicted octanol–water partition coefficient (Wildman–Crippen LogP) is 2.10. The van der Waals surface area contributed by atoms with Crippen molar-refractivity contribution in [2.75, 3.05) is 19.4 Å². The van der Waals surface area contributed by atoms with E-state index in [4.69, 9.17) is 0 Å². The molecule has 0 aliphatic carbocycles. The van der Waals surface area contributed by atoms with Crippen molar-refractivity contribution >= 4 is 27.3 Å². The summed E-state index contributed by atoms with van der Waals surface area (Å²) in [4.78, 5) is 22.3. The van der Waals surface area contributed by atoms with Crippen LogP contribution in [0.15, 0.2) is 53.4 Å². The number of nitrogens with zero attached hydrogens (tertiary/aromatic N) is 2. The molecule has 9 heteroatoms. The largest absolute Gasteiger partial charge is 0.322 e. The molecule has 0 atom stereocenters. The van der Waals surface area contributed by atoms with Crippen LogP contribution in [0.25, 0.3) is 0 Å². The van der Waals surface area contributed by atoms with Gasteiger partial charge in [0.1, 0.15) is 0 Å². The van der Waals surface area contributed by atoms with E-state index in [1.807, 2.05) is 0 Å². The van der Waals surface area contributed by atoms with E-state index in [0.717, 1.165) is 4.31 Å². The van der Waals surface area contributed by atoms with Crippen LogP contribution in [0.1, 0.15) is 10.4 Å². The SMILES string of the molecule is CN(C)S(=O)(=O)c1ccc(C(=O)Nc2ccc([N+](=O)[O-])cc2)cc1. The highest BCUT2D eigenvalue weighted by molar-refractivity contribution is 7.89. The van der Waals surface area contributed by atoms with Crippen LogP contribution in [-0.2, 0) is 10.0 Å². The van der Waals surface area contributed by atoms with Crippen molar-refractivity contribution < 1.29 is 18.1 Å². The molecular formula is C15H15N3O5S. The van der Waals surface area contributed by atoms with Crippen LogP contribution in [0.2, 0.25) is 0 Å². The molecule has 2 aromatic carbocycles. The Bertz CT molecular complexity index is 859.